The molecular formula is C18H16FNO2. The van der Waals surface area contributed by atoms with E-state index in [0.29, 0.717) is 5.56 Å². The number of benzene rings is 2. The van der Waals surface area contributed by atoms with Crippen LogP contribution in [0.3, 0.4) is 0 Å². The molecule has 1 N–H and O–H groups in total. The monoisotopic (exact) mass is 297 g/mol. The first-order valence-electron chi connectivity index (χ1n) is 7.12. The number of carbonyl (C=O) groups is 1. The highest BCUT2D eigenvalue weighted by Gasteiger charge is 2.16. The number of hydrogen-bond acceptors (Lipinski definition) is 2. The Bertz CT molecular complexity index is 750. The maximum absolute atomic E-state index is 13.7. The van der Waals surface area contributed by atoms with E-state index in [9.17, 15) is 9.18 Å². The van der Waals surface area contributed by atoms with Crippen LogP contribution >= 0.6 is 0 Å². The Morgan fingerprint density at radius 3 is 2.55 bits per heavy atom. The van der Waals surface area contributed by atoms with Gasteiger partial charge >= 0.3 is 5.97 Å². The van der Waals surface area contributed by atoms with Crippen molar-refractivity contribution in [3.8, 4) is 0 Å². The van der Waals surface area contributed by atoms with E-state index in [-0.39, 0.29) is 11.4 Å². The van der Waals surface area contributed by atoms with E-state index >= 15 is 0 Å². The summed E-state index contributed by atoms with van der Waals surface area (Å²) in [5.41, 5.74) is 3.87. The molecule has 1 aliphatic heterocycles. The number of anilines is 1. The second kappa shape index (κ2) is 5.64. The highest BCUT2D eigenvalue weighted by molar-refractivity contribution is 5.88. The van der Waals surface area contributed by atoms with Crippen molar-refractivity contribution in [2.75, 3.05) is 11.4 Å². The Balaban J connectivity index is 1.84. The number of aryl methyl sites for hydroxylation is 1. The van der Waals surface area contributed by atoms with Crippen molar-refractivity contribution >= 4 is 17.2 Å². The molecule has 0 aliphatic carbocycles. The van der Waals surface area contributed by atoms with Crippen molar-refractivity contribution in [1.82, 2.24) is 0 Å². The lowest BCUT2D eigenvalue weighted by atomic mass is 10.0. The van der Waals surface area contributed by atoms with E-state index in [1.807, 2.05) is 29.3 Å². The predicted molar refractivity (Wildman–Crippen MR) is 84.5 cm³/mol. The van der Waals surface area contributed by atoms with Gasteiger partial charge in [0.05, 0.1) is 5.56 Å². The van der Waals surface area contributed by atoms with Gasteiger partial charge in [-0.25, -0.2) is 9.18 Å². The SMILES string of the molecule is Cc1ccc(N2C=C(c3ccc(C(=O)O)cc3)CC2)cc1F. The number of carboxylic acid groups (broad SMARTS) is 1. The third-order valence-corrected chi connectivity index (χ3v) is 3.92. The van der Waals surface area contributed by atoms with Gasteiger partial charge < -0.3 is 10.0 Å². The van der Waals surface area contributed by atoms with Gasteiger partial charge in [-0.2, -0.15) is 0 Å². The van der Waals surface area contributed by atoms with Crippen LogP contribution in [0.15, 0.2) is 48.7 Å². The van der Waals surface area contributed by atoms with Gasteiger partial charge in [-0.3, -0.25) is 0 Å². The first-order chi connectivity index (χ1) is 10.5. The average molecular weight is 297 g/mol. The molecule has 4 heteroatoms. The fraction of sp³-hybridized carbons (Fsp3) is 0.167. The highest BCUT2D eigenvalue weighted by atomic mass is 19.1. The van der Waals surface area contributed by atoms with E-state index in [4.69, 9.17) is 5.11 Å². The van der Waals surface area contributed by atoms with Crippen LogP contribution in [0.4, 0.5) is 10.1 Å². The number of nitrogens with zero attached hydrogens (tertiary/aromatic N) is 1. The van der Waals surface area contributed by atoms with Crippen LogP contribution in [-0.2, 0) is 0 Å². The lowest BCUT2D eigenvalue weighted by Crippen LogP contribution is -2.12. The third-order valence-electron chi connectivity index (χ3n) is 3.92. The Kier molecular flexibility index (Phi) is 3.67. The van der Waals surface area contributed by atoms with Gasteiger partial charge in [-0.05, 0) is 54.3 Å². The molecule has 3 nitrogen and oxygen atoms in total. The molecule has 0 spiro atoms. The fourth-order valence-corrected chi connectivity index (χ4v) is 2.57. The zero-order valence-electron chi connectivity index (χ0n) is 12.2. The van der Waals surface area contributed by atoms with E-state index in [1.54, 1.807) is 31.2 Å². The van der Waals surface area contributed by atoms with Crippen molar-refractivity contribution in [1.29, 1.82) is 0 Å². The maximum atomic E-state index is 13.7. The van der Waals surface area contributed by atoms with E-state index in [0.717, 1.165) is 29.8 Å². The second-order valence-corrected chi connectivity index (χ2v) is 5.41. The Morgan fingerprint density at radius 2 is 1.91 bits per heavy atom. The molecule has 0 fully saturated rings. The number of carboxylic acids is 1. The summed E-state index contributed by atoms with van der Waals surface area (Å²) < 4.78 is 13.7. The molecule has 0 saturated carbocycles. The summed E-state index contributed by atoms with van der Waals surface area (Å²) >= 11 is 0. The van der Waals surface area contributed by atoms with E-state index in [1.165, 1.54) is 0 Å². The molecule has 3 rings (SSSR count). The van der Waals surface area contributed by atoms with Crippen LogP contribution in [0.5, 0.6) is 0 Å². The van der Waals surface area contributed by atoms with Crippen molar-refractivity contribution in [3.63, 3.8) is 0 Å². The van der Waals surface area contributed by atoms with Crippen LogP contribution in [0.2, 0.25) is 0 Å². The van der Waals surface area contributed by atoms with Gasteiger partial charge in [-0.15, -0.1) is 0 Å². The lowest BCUT2D eigenvalue weighted by molar-refractivity contribution is 0.0697. The minimum atomic E-state index is -0.927. The van der Waals surface area contributed by atoms with Gasteiger partial charge in [0.15, 0.2) is 0 Å². The fourth-order valence-electron chi connectivity index (χ4n) is 2.57. The van der Waals surface area contributed by atoms with Crippen LogP contribution in [0.1, 0.15) is 27.9 Å². The number of halogens is 1. The maximum Gasteiger partial charge on any atom is 0.335 e. The van der Waals surface area contributed by atoms with Crippen molar-refractivity contribution in [2.24, 2.45) is 0 Å². The molecule has 2 aromatic carbocycles. The molecule has 112 valence electrons. The molecule has 0 bridgehead atoms. The number of hydrogen-bond donors (Lipinski definition) is 1. The van der Waals surface area contributed by atoms with Gasteiger partial charge in [0.1, 0.15) is 5.82 Å². The van der Waals surface area contributed by atoms with Crippen LogP contribution in [-0.4, -0.2) is 17.6 Å². The van der Waals surface area contributed by atoms with E-state index < -0.39 is 5.97 Å². The Labute approximate surface area is 128 Å². The van der Waals surface area contributed by atoms with Gasteiger partial charge in [0.25, 0.3) is 0 Å². The van der Waals surface area contributed by atoms with Crippen LogP contribution in [0.25, 0.3) is 5.57 Å². The second-order valence-electron chi connectivity index (χ2n) is 5.41. The van der Waals surface area contributed by atoms with Crippen LogP contribution < -0.4 is 4.90 Å². The van der Waals surface area contributed by atoms with Gasteiger partial charge in [0.2, 0.25) is 0 Å². The van der Waals surface area contributed by atoms with Crippen molar-refractivity contribution in [3.05, 3.63) is 71.2 Å². The number of rotatable bonds is 3. The quantitative estimate of drug-likeness (QED) is 0.928. The molecule has 0 saturated heterocycles. The van der Waals surface area contributed by atoms with Crippen molar-refractivity contribution in [2.45, 2.75) is 13.3 Å². The molecular weight excluding hydrogens is 281 g/mol. The molecule has 0 atom stereocenters. The summed E-state index contributed by atoms with van der Waals surface area (Å²) in [4.78, 5) is 12.9. The Hall–Kier alpha value is -2.62. The van der Waals surface area contributed by atoms with Gasteiger partial charge in [-0.1, -0.05) is 18.2 Å². The molecule has 1 aliphatic rings. The minimum absolute atomic E-state index is 0.204. The zero-order chi connectivity index (χ0) is 15.7. The molecule has 1 heterocycles. The predicted octanol–water partition coefficient (Wildman–Crippen LogP) is 4.08. The summed E-state index contributed by atoms with van der Waals surface area (Å²) in [7, 11) is 0. The summed E-state index contributed by atoms with van der Waals surface area (Å²) in [6.07, 6.45) is 2.85. The zero-order valence-corrected chi connectivity index (χ0v) is 12.2. The van der Waals surface area contributed by atoms with E-state index in [2.05, 4.69) is 0 Å². The third kappa shape index (κ3) is 2.72. The van der Waals surface area contributed by atoms with Crippen LogP contribution in [0, 0.1) is 12.7 Å². The average Bonchev–Trinajstić information content (AvgIpc) is 3.00. The lowest BCUT2D eigenvalue weighted by Gasteiger charge is -2.15. The minimum Gasteiger partial charge on any atom is -0.478 e. The normalized spacial score (nSPS) is 14.1. The summed E-state index contributed by atoms with van der Waals surface area (Å²) in [6, 6.07) is 12.1. The largest absolute Gasteiger partial charge is 0.478 e. The molecule has 0 amide bonds. The molecule has 0 aromatic heterocycles. The first-order valence-corrected chi connectivity index (χ1v) is 7.12. The number of aromatic carboxylic acids is 1. The molecule has 2 aromatic rings. The summed E-state index contributed by atoms with van der Waals surface area (Å²) in [6.45, 7) is 2.53. The summed E-state index contributed by atoms with van der Waals surface area (Å²) in [5.74, 6) is -1.13. The Morgan fingerprint density at radius 1 is 1.18 bits per heavy atom. The molecule has 0 radical (unpaired) electrons. The standard InChI is InChI=1S/C18H16FNO2/c1-12-2-7-16(10-17(12)19)20-9-8-15(11-20)13-3-5-14(6-4-13)18(21)22/h2-7,10-11H,8-9H2,1H3,(H,21,22). The topological polar surface area (TPSA) is 40.5 Å². The molecule has 0 unspecified atom stereocenters. The molecule has 22 heavy (non-hydrogen) atoms. The van der Waals surface area contributed by atoms with Crippen molar-refractivity contribution < 1.29 is 14.3 Å². The smallest absolute Gasteiger partial charge is 0.335 e. The summed E-state index contributed by atoms with van der Waals surface area (Å²) in [5, 5.41) is 8.92. The van der Waals surface area contributed by atoms with Gasteiger partial charge in [0, 0.05) is 18.4 Å². The highest BCUT2D eigenvalue weighted by Crippen LogP contribution is 2.29. The first kappa shape index (κ1) is 14.3.